The second-order valence-corrected chi connectivity index (χ2v) is 5.56. The van der Waals surface area contributed by atoms with Gasteiger partial charge in [-0.05, 0) is 22.8 Å². The van der Waals surface area contributed by atoms with Gasteiger partial charge in [-0.2, -0.15) is 0 Å². The summed E-state index contributed by atoms with van der Waals surface area (Å²) in [5.74, 6) is 0. The summed E-state index contributed by atoms with van der Waals surface area (Å²) in [6, 6.07) is 16.9. The normalized spacial score (nSPS) is 27.1. The van der Waals surface area contributed by atoms with E-state index in [0.717, 1.165) is 18.6 Å². The van der Waals surface area contributed by atoms with Crippen molar-refractivity contribution < 1.29 is 0 Å². The van der Waals surface area contributed by atoms with E-state index < -0.39 is 0 Å². The highest BCUT2D eigenvalue weighted by Crippen LogP contribution is 2.27. The third-order valence-corrected chi connectivity index (χ3v) is 4.42. The lowest BCUT2D eigenvalue weighted by atomic mass is 10.0. The third-order valence-electron chi connectivity index (χ3n) is 4.42. The van der Waals surface area contributed by atoms with Crippen molar-refractivity contribution in [3.05, 3.63) is 48.0 Å². The number of piperazine rings is 1. The first-order valence-corrected chi connectivity index (χ1v) is 6.84. The molecule has 0 aromatic heterocycles. The molecule has 2 fully saturated rings. The molecule has 2 unspecified atom stereocenters. The summed E-state index contributed by atoms with van der Waals surface area (Å²) in [5.41, 5.74) is 1.47. The molecule has 2 aromatic rings. The van der Waals surface area contributed by atoms with E-state index in [2.05, 4.69) is 52.7 Å². The van der Waals surface area contributed by atoms with Crippen LogP contribution in [0.15, 0.2) is 42.5 Å². The molecule has 2 nitrogen and oxygen atoms in total. The summed E-state index contributed by atoms with van der Waals surface area (Å²) in [7, 11) is 0. The molecule has 0 saturated carbocycles. The molecule has 92 valence electrons. The Hall–Kier alpha value is -1.38. The van der Waals surface area contributed by atoms with Crippen molar-refractivity contribution in [2.45, 2.75) is 25.0 Å². The number of benzene rings is 2. The first kappa shape index (κ1) is 10.5. The lowest BCUT2D eigenvalue weighted by Gasteiger charge is -2.27. The molecule has 1 N–H and O–H groups in total. The number of rotatable bonds is 2. The average molecular weight is 238 g/mol. The number of hydrogen-bond donors (Lipinski definition) is 1. The molecule has 0 spiro atoms. The van der Waals surface area contributed by atoms with Crippen LogP contribution in [0, 0.1) is 0 Å². The number of nitrogens with one attached hydrogen (secondary N) is 1. The van der Waals surface area contributed by atoms with Gasteiger partial charge in [0.2, 0.25) is 0 Å². The molecule has 2 saturated heterocycles. The van der Waals surface area contributed by atoms with Gasteiger partial charge in [0.15, 0.2) is 0 Å². The molecule has 2 heteroatoms. The van der Waals surface area contributed by atoms with E-state index in [-0.39, 0.29) is 0 Å². The largest absolute Gasteiger partial charge is 0.311 e. The SMILES string of the molecule is c1ccc2c(CN3CC4CC3CN4)cccc2c1. The lowest BCUT2D eigenvalue weighted by Crippen LogP contribution is -2.42. The summed E-state index contributed by atoms with van der Waals surface area (Å²) >= 11 is 0. The van der Waals surface area contributed by atoms with Crippen molar-refractivity contribution in [1.82, 2.24) is 10.2 Å². The maximum Gasteiger partial charge on any atom is 0.0244 e. The first-order valence-electron chi connectivity index (χ1n) is 6.84. The summed E-state index contributed by atoms with van der Waals surface area (Å²) in [4.78, 5) is 2.64. The van der Waals surface area contributed by atoms with Gasteiger partial charge in [0.1, 0.15) is 0 Å². The van der Waals surface area contributed by atoms with Gasteiger partial charge in [-0.3, -0.25) is 4.90 Å². The number of nitrogens with zero attached hydrogens (tertiary/aromatic N) is 1. The van der Waals surface area contributed by atoms with Crippen LogP contribution in [0.4, 0.5) is 0 Å². The Labute approximate surface area is 108 Å². The summed E-state index contributed by atoms with van der Waals surface area (Å²) in [5, 5.41) is 6.34. The molecule has 2 aliphatic rings. The molecular weight excluding hydrogens is 220 g/mol. The van der Waals surface area contributed by atoms with Crippen LogP contribution in [0.3, 0.4) is 0 Å². The van der Waals surface area contributed by atoms with E-state index >= 15 is 0 Å². The van der Waals surface area contributed by atoms with Gasteiger partial charge < -0.3 is 5.32 Å². The molecule has 0 amide bonds. The maximum absolute atomic E-state index is 3.57. The Morgan fingerprint density at radius 2 is 2.00 bits per heavy atom. The number of hydrogen-bond acceptors (Lipinski definition) is 2. The smallest absolute Gasteiger partial charge is 0.0244 e. The summed E-state index contributed by atoms with van der Waals surface area (Å²) in [6.45, 7) is 3.49. The van der Waals surface area contributed by atoms with Crippen molar-refractivity contribution in [2.24, 2.45) is 0 Å². The molecule has 2 aliphatic heterocycles. The lowest BCUT2D eigenvalue weighted by molar-refractivity contribution is 0.218. The van der Waals surface area contributed by atoms with E-state index in [1.165, 1.54) is 35.8 Å². The Bertz CT molecular complexity index is 573. The van der Waals surface area contributed by atoms with Gasteiger partial charge >= 0.3 is 0 Å². The van der Waals surface area contributed by atoms with Crippen LogP contribution in [-0.4, -0.2) is 30.1 Å². The Kier molecular flexibility index (Phi) is 2.39. The fourth-order valence-corrected chi connectivity index (χ4v) is 3.49. The number of likely N-dealkylation sites (tertiary alicyclic amines) is 1. The second kappa shape index (κ2) is 4.08. The third kappa shape index (κ3) is 1.64. The van der Waals surface area contributed by atoms with E-state index in [1.54, 1.807) is 0 Å². The minimum absolute atomic E-state index is 0.741. The molecule has 2 bridgehead atoms. The van der Waals surface area contributed by atoms with Crippen LogP contribution in [0.1, 0.15) is 12.0 Å². The van der Waals surface area contributed by atoms with Crippen molar-refractivity contribution in [2.75, 3.05) is 13.1 Å². The van der Waals surface area contributed by atoms with Crippen molar-refractivity contribution in [1.29, 1.82) is 0 Å². The Balaban J connectivity index is 1.67. The molecule has 0 radical (unpaired) electrons. The predicted octanol–water partition coefficient (Wildman–Crippen LogP) is 2.39. The van der Waals surface area contributed by atoms with E-state index in [4.69, 9.17) is 0 Å². The molecule has 18 heavy (non-hydrogen) atoms. The van der Waals surface area contributed by atoms with Crippen LogP contribution in [0.5, 0.6) is 0 Å². The van der Waals surface area contributed by atoms with E-state index in [0.29, 0.717) is 0 Å². The Morgan fingerprint density at radius 3 is 2.83 bits per heavy atom. The van der Waals surface area contributed by atoms with Gasteiger partial charge in [-0.25, -0.2) is 0 Å². The highest BCUT2D eigenvalue weighted by atomic mass is 15.3. The van der Waals surface area contributed by atoms with E-state index in [9.17, 15) is 0 Å². The van der Waals surface area contributed by atoms with Gasteiger partial charge in [0.05, 0.1) is 0 Å². The maximum atomic E-state index is 3.57. The summed E-state index contributed by atoms with van der Waals surface area (Å²) < 4.78 is 0. The van der Waals surface area contributed by atoms with Crippen LogP contribution in [-0.2, 0) is 6.54 Å². The van der Waals surface area contributed by atoms with Crippen molar-refractivity contribution >= 4 is 10.8 Å². The van der Waals surface area contributed by atoms with Crippen molar-refractivity contribution in [3.63, 3.8) is 0 Å². The summed E-state index contributed by atoms with van der Waals surface area (Å²) in [6.07, 6.45) is 1.34. The monoisotopic (exact) mass is 238 g/mol. The minimum Gasteiger partial charge on any atom is -0.311 e. The first-order chi connectivity index (χ1) is 8.90. The fourth-order valence-electron chi connectivity index (χ4n) is 3.49. The molecule has 0 aliphatic carbocycles. The standard InChI is InChI=1S/C16H18N2/c1-2-7-16-12(4-1)5-3-6-13(16)10-18-11-14-8-15(18)9-17-14/h1-7,14-15,17H,8-11H2. The highest BCUT2D eigenvalue weighted by Gasteiger charge is 2.37. The second-order valence-electron chi connectivity index (χ2n) is 5.56. The highest BCUT2D eigenvalue weighted by molar-refractivity contribution is 5.85. The molecule has 2 aromatic carbocycles. The van der Waals surface area contributed by atoms with Gasteiger partial charge in [0, 0.05) is 31.7 Å². The fraction of sp³-hybridized carbons (Fsp3) is 0.375. The zero-order valence-electron chi connectivity index (χ0n) is 10.5. The number of fused-ring (bicyclic) bond motifs is 3. The van der Waals surface area contributed by atoms with Crippen LogP contribution in [0.25, 0.3) is 10.8 Å². The molecule has 4 rings (SSSR count). The van der Waals surface area contributed by atoms with Crippen LogP contribution >= 0.6 is 0 Å². The van der Waals surface area contributed by atoms with Crippen LogP contribution in [0.2, 0.25) is 0 Å². The quantitative estimate of drug-likeness (QED) is 0.864. The Morgan fingerprint density at radius 1 is 1.11 bits per heavy atom. The minimum atomic E-state index is 0.741. The molecule has 2 atom stereocenters. The zero-order valence-corrected chi connectivity index (χ0v) is 10.5. The van der Waals surface area contributed by atoms with Gasteiger partial charge in [-0.1, -0.05) is 42.5 Å². The predicted molar refractivity (Wildman–Crippen MR) is 74.6 cm³/mol. The van der Waals surface area contributed by atoms with Gasteiger partial charge in [0.25, 0.3) is 0 Å². The van der Waals surface area contributed by atoms with Gasteiger partial charge in [-0.15, -0.1) is 0 Å². The van der Waals surface area contributed by atoms with E-state index in [1.807, 2.05) is 0 Å². The molecule has 2 heterocycles. The van der Waals surface area contributed by atoms with Crippen LogP contribution < -0.4 is 5.32 Å². The van der Waals surface area contributed by atoms with Crippen molar-refractivity contribution in [3.8, 4) is 0 Å². The molecular formula is C16H18N2. The topological polar surface area (TPSA) is 15.3 Å². The average Bonchev–Trinajstić information content (AvgIpc) is 3.01. The zero-order chi connectivity index (χ0) is 11.9.